The van der Waals surface area contributed by atoms with Gasteiger partial charge >= 0.3 is 0 Å². The number of benzene rings is 1. The highest BCUT2D eigenvalue weighted by Crippen LogP contribution is 2.53. The number of aliphatic hydroxyl groups is 3. The second-order valence-electron chi connectivity index (χ2n) is 8.02. The number of phenols is 2. The van der Waals surface area contributed by atoms with Gasteiger partial charge in [-0.05, 0) is 42.4 Å². The second-order valence-corrected chi connectivity index (χ2v) is 8.02. The normalized spacial score (nSPS) is 28.2. The summed E-state index contributed by atoms with van der Waals surface area (Å²) in [6.45, 7) is 1.83. The lowest BCUT2D eigenvalue weighted by Gasteiger charge is -2.46. The minimum absolute atomic E-state index is 0.0771. The number of nitrogens with two attached hydrogens (primary N) is 1. The Bertz CT molecular complexity index is 1100. The number of hydrogen-bond acceptors (Lipinski definition) is 8. The van der Waals surface area contributed by atoms with Gasteiger partial charge < -0.3 is 31.3 Å². The van der Waals surface area contributed by atoms with Crippen LogP contribution in [0.15, 0.2) is 23.0 Å². The zero-order chi connectivity index (χ0) is 22.1. The number of rotatable bonds is 2. The van der Waals surface area contributed by atoms with Crippen LogP contribution >= 0.6 is 0 Å². The van der Waals surface area contributed by atoms with Crippen LogP contribution in [0.5, 0.6) is 11.5 Å². The fraction of sp³-hybridized carbons (Fsp3) is 0.381. The van der Waals surface area contributed by atoms with Crippen LogP contribution in [-0.2, 0) is 27.2 Å². The minimum atomic E-state index is -2.59. The lowest BCUT2D eigenvalue weighted by Crippen LogP contribution is -2.58. The number of carbonyl (C=O) groups is 3. The van der Waals surface area contributed by atoms with Gasteiger partial charge in [-0.3, -0.25) is 14.4 Å². The minimum Gasteiger partial charge on any atom is -0.508 e. The molecular weight excluding hydrogens is 394 g/mol. The van der Waals surface area contributed by atoms with Crippen molar-refractivity contribution in [1.29, 1.82) is 0 Å². The van der Waals surface area contributed by atoms with Gasteiger partial charge in [0, 0.05) is 17.9 Å². The number of Topliss-reactive ketones (excluding diaryl/α,β-unsaturated/α-hetero) is 2. The molecule has 9 nitrogen and oxygen atoms in total. The van der Waals surface area contributed by atoms with Crippen molar-refractivity contribution in [2.24, 2.45) is 17.6 Å². The molecule has 1 amide bonds. The third-order valence-corrected chi connectivity index (χ3v) is 6.52. The second kappa shape index (κ2) is 6.33. The van der Waals surface area contributed by atoms with E-state index in [0.717, 1.165) is 0 Å². The summed E-state index contributed by atoms with van der Waals surface area (Å²) >= 11 is 0. The van der Waals surface area contributed by atoms with Crippen molar-refractivity contribution < 1.29 is 39.9 Å². The van der Waals surface area contributed by atoms with Crippen molar-refractivity contribution in [3.63, 3.8) is 0 Å². The van der Waals surface area contributed by atoms with Crippen molar-refractivity contribution >= 4 is 23.2 Å². The maximum Gasteiger partial charge on any atom is 0.255 e. The first-order chi connectivity index (χ1) is 14.0. The van der Waals surface area contributed by atoms with Gasteiger partial charge in [-0.2, -0.15) is 0 Å². The van der Waals surface area contributed by atoms with Crippen molar-refractivity contribution in [2.45, 2.75) is 38.2 Å². The van der Waals surface area contributed by atoms with E-state index in [1.807, 2.05) is 6.92 Å². The molecule has 3 atom stereocenters. The van der Waals surface area contributed by atoms with Crippen molar-refractivity contribution in [3.8, 4) is 11.5 Å². The number of hydrogen-bond donors (Lipinski definition) is 6. The Morgan fingerprint density at radius 1 is 1.20 bits per heavy atom. The largest absolute Gasteiger partial charge is 0.508 e. The predicted octanol–water partition coefficient (Wildman–Crippen LogP) is 0.692. The first-order valence-corrected chi connectivity index (χ1v) is 9.57. The Morgan fingerprint density at radius 3 is 2.47 bits per heavy atom. The van der Waals surface area contributed by atoms with E-state index < -0.39 is 63.5 Å². The van der Waals surface area contributed by atoms with Gasteiger partial charge in [-0.25, -0.2) is 0 Å². The van der Waals surface area contributed by atoms with Gasteiger partial charge in [0.05, 0.1) is 5.56 Å². The third kappa shape index (κ3) is 2.35. The average molecular weight is 415 g/mol. The van der Waals surface area contributed by atoms with Crippen molar-refractivity contribution in [2.75, 3.05) is 0 Å². The maximum atomic E-state index is 13.3. The molecule has 3 aliphatic rings. The van der Waals surface area contributed by atoms with E-state index in [1.165, 1.54) is 6.07 Å². The smallest absolute Gasteiger partial charge is 0.255 e. The highest BCUT2D eigenvalue weighted by Gasteiger charge is 2.60. The Hall–Kier alpha value is -3.33. The summed E-state index contributed by atoms with van der Waals surface area (Å²) < 4.78 is 0. The zero-order valence-electron chi connectivity index (χ0n) is 16.1. The molecule has 1 saturated carbocycles. The lowest BCUT2D eigenvalue weighted by molar-refractivity contribution is -0.147. The Kier molecular flexibility index (Phi) is 4.21. The third-order valence-electron chi connectivity index (χ3n) is 6.52. The van der Waals surface area contributed by atoms with Crippen LogP contribution in [0.1, 0.15) is 36.5 Å². The fourth-order valence-electron chi connectivity index (χ4n) is 5.07. The predicted molar refractivity (Wildman–Crippen MR) is 102 cm³/mol. The molecule has 3 aliphatic carbocycles. The molecule has 0 unspecified atom stereocenters. The van der Waals surface area contributed by atoms with E-state index in [-0.39, 0.29) is 30.4 Å². The molecule has 0 aromatic heterocycles. The fourth-order valence-corrected chi connectivity index (χ4v) is 5.07. The molecule has 7 N–H and O–H groups in total. The molecule has 0 bridgehead atoms. The molecule has 158 valence electrons. The average Bonchev–Trinajstić information content (AvgIpc) is 2.67. The number of ketones is 2. The monoisotopic (exact) mass is 415 g/mol. The SMILES string of the molecule is CCc1cc(O)c(O)c2c1C[C@H]1C[C@H]3CC(=O)C(C(N)=O)=C(O)[C@@]3(O)C(=O)C1=C2O. The number of aliphatic hydroxyl groups excluding tert-OH is 2. The van der Waals surface area contributed by atoms with Crippen molar-refractivity contribution in [3.05, 3.63) is 39.7 Å². The van der Waals surface area contributed by atoms with Crippen LogP contribution < -0.4 is 5.73 Å². The summed E-state index contributed by atoms with van der Waals surface area (Å²) in [6, 6.07) is 1.39. The molecule has 0 heterocycles. The van der Waals surface area contributed by atoms with Crippen LogP contribution in [0, 0.1) is 11.8 Å². The van der Waals surface area contributed by atoms with Crippen LogP contribution in [0.4, 0.5) is 0 Å². The molecule has 9 heteroatoms. The van der Waals surface area contributed by atoms with Gasteiger partial charge in [0.2, 0.25) is 5.78 Å². The molecule has 1 aromatic rings. The van der Waals surface area contributed by atoms with Crippen LogP contribution in [0.25, 0.3) is 5.76 Å². The summed E-state index contributed by atoms with van der Waals surface area (Å²) in [6.07, 6.45) is 0.444. The molecular formula is C21H21NO8. The molecule has 0 radical (unpaired) electrons. The highest BCUT2D eigenvalue weighted by molar-refractivity contribution is 6.22. The quantitative estimate of drug-likeness (QED) is 0.302. The van der Waals surface area contributed by atoms with E-state index in [0.29, 0.717) is 17.5 Å². The molecule has 0 saturated heterocycles. The van der Waals surface area contributed by atoms with Crippen LogP contribution in [-0.4, -0.2) is 48.6 Å². The molecule has 0 aliphatic heterocycles. The molecule has 30 heavy (non-hydrogen) atoms. The van der Waals surface area contributed by atoms with Crippen molar-refractivity contribution in [1.82, 2.24) is 0 Å². The van der Waals surface area contributed by atoms with Crippen LogP contribution in [0.3, 0.4) is 0 Å². The first kappa shape index (κ1) is 20.0. The van der Waals surface area contributed by atoms with Gasteiger partial charge in [0.1, 0.15) is 17.1 Å². The summed E-state index contributed by atoms with van der Waals surface area (Å²) in [5.41, 5.74) is 2.65. The summed E-state index contributed by atoms with van der Waals surface area (Å²) in [7, 11) is 0. The Morgan fingerprint density at radius 2 is 1.87 bits per heavy atom. The maximum absolute atomic E-state index is 13.3. The number of phenolic OH excluding ortho intramolecular Hbond substituents is 2. The molecule has 1 aromatic carbocycles. The number of aryl methyl sites for hydroxylation is 1. The van der Waals surface area contributed by atoms with E-state index >= 15 is 0 Å². The van der Waals surface area contributed by atoms with E-state index in [2.05, 4.69) is 0 Å². The Balaban J connectivity index is 1.96. The summed E-state index contributed by atoms with van der Waals surface area (Å²) in [5.74, 6) is -7.43. The van der Waals surface area contributed by atoms with Gasteiger partial charge in [0.25, 0.3) is 5.91 Å². The molecule has 1 fully saturated rings. The van der Waals surface area contributed by atoms with Gasteiger partial charge in [-0.15, -0.1) is 0 Å². The summed E-state index contributed by atoms with van der Waals surface area (Å²) in [5, 5.41) is 52.8. The van der Waals surface area contributed by atoms with E-state index in [1.54, 1.807) is 0 Å². The number of amides is 1. The number of aromatic hydroxyl groups is 2. The number of fused-ring (bicyclic) bond motifs is 3. The summed E-state index contributed by atoms with van der Waals surface area (Å²) in [4.78, 5) is 37.2. The number of carbonyl (C=O) groups excluding carboxylic acids is 3. The van der Waals surface area contributed by atoms with Gasteiger partial charge in [-0.1, -0.05) is 6.92 Å². The standard InChI is InChI=1S/C21H21NO8/c1-2-7-5-12(24)16(25)14-10(7)4-8-3-9-6-11(23)15(20(22)29)19(28)21(9,30)18(27)13(8)17(14)26/h5,8-9,24-26,28,30H,2-4,6H2,1H3,(H2,22,29)/t8-,9+,21+/m1/s1. The lowest BCUT2D eigenvalue weighted by atomic mass is 9.59. The molecule has 4 rings (SSSR count). The highest BCUT2D eigenvalue weighted by atomic mass is 16.3. The first-order valence-electron chi connectivity index (χ1n) is 9.57. The Labute approximate surface area is 170 Å². The molecule has 0 spiro atoms. The number of primary amides is 1. The zero-order valence-corrected chi connectivity index (χ0v) is 16.1. The van der Waals surface area contributed by atoms with Crippen LogP contribution in [0.2, 0.25) is 0 Å². The van der Waals surface area contributed by atoms with E-state index in [4.69, 9.17) is 5.73 Å². The topological polar surface area (TPSA) is 178 Å². The van der Waals surface area contributed by atoms with E-state index in [9.17, 15) is 39.9 Å². The van der Waals surface area contributed by atoms with Gasteiger partial charge in [0.15, 0.2) is 22.9 Å².